The third-order valence-electron chi connectivity index (χ3n) is 2.53. The Labute approximate surface area is 128 Å². The molecular weight excluding hydrogens is 323 g/mol. The van der Waals surface area contributed by atoms with Gasteiger partial charge in [-0.25, -0.2) is 4.39 Å². The molecule has 0 atom stereocenters. The van der Waals surface area contributed by atoms with Crippen molar-refractivity contribution in [3.63, 3.8) is 0 Å². The number of nitrogens with one attached hydrogen (secondary N) is 1. The summed E-state index contributed by atoms with van der Waals surface area (Å²) in [5.74, 6) is -3.66. The molecule has 0 spiro atoms. The first-order valence-corrected chi connectivity index (χ1v) is 7.03. The Morgan fingerprint density at radius 2 is 1.81 bits per heavy atom. The van der Waals surface area contributed by atoms with Gasteiger partial charge in [-0.1, -0.05) is 29.4 Å². The minimum Gasteiger partial charge on any atom is -0.321 e. The highest BCUT2D eigenvalue weighted by Crippen LogP contribution is 2.37. The van der Waals surface area contributed by atoms with Crippen LogP contribution in [0.1, 0.15) is 10.4 Å². The van der Waals surface area contributed by atoms with Gasteiger partial charge in [0.05, 0.1) is 15.6 Å². The summed E-state index contributed by atoms with van der Waals surface area (Å²) in [6.07, 6.45) is 0. The van der Waals surface area contributed by atoms with Crippen molar-refractivity contribution in [2.24, 2.45) is 0 Å². The molecule has 1 N–H and O–H groups in total. The van der Waals surface area contributed by atoms with Gasteiger partial charge in [-0.2, -0.15) is 8.78 Å². The molecule has 1 amide bonds. The van der Waals surface area contributed by atoms with Gasteiger partial charge in [-0.15, -0.1) is 0 Å². The van der Waals surface area contributed by atoms with Crippen molar-refractivity contribution in [2.75, 3.05) is 5.32 Å². The van der Waals surface area contributed by atoms with Gasteiger partial charge in [-0.3, -0.25) is 4.79 Å². The molecular formula is C14H9ClF3NOS. The molecule has 7 heteroatoms. The fourth-order valence-corrected chi connectivity index (χ4v) is 2.52. The first-order chi connectivity index (χ1) is 9.97. The normalized spacial score (nSPS) is 10.7. The van der Waals surface area contributed by atoms with Gasteiger partial charge < -0.3 is 5.32 Å². The number of alkyl halides is 2. The zero-order valence-electron chi connectivity index (χ0n) is 10.4. The van der Waals surface area contributed by atoms with Crippen LogP contribution in [0.2, 0.25) is 5.02 Å². The average molecular weight is 332 g/mol. The predicted octanol–water partition coefficient (Wildman–Crippen LogP) is 5.05. The van der Waals surface area contributed by atoms with Crippen molar-refractivity contribution < 1.29 is 18.0 Å². The lowest BCUT2D eigenvalue weighted by Gasteiger charge is -2.12. The van der Waals surface area contributed by atoms with Gasteiger partial charge in [-0.05, 0) is 36.4 Å². The number of benzene rings is 2. The second-order valence-electron chi connectivity index (χ2n) is 3.96. The smallest absolute Gasteiger partial charge is 0.289 e. The Hall–Kier alpha value is -1.66. The maximum Gasteiger partial charge on any atom is 0.289 e. The fraction of sp³-hybridized carbons (Fsp3) is 0.0714. The minimum atomic E-state index is -2.66. The van der Waals surface area contributed by atoms with Gasteiger partial charge in [0.1, 0.15) is 5.82 Å². The van der Waals surface area contributed by atoms with Gasteiger partial charge in [0.25, 0.3) is 11.7 Å². The van der Waals surface area contributed by atoms with Crippen molar-refractivity contribution in [3.8, 4) is 0 Å². The van der Waals surface area contributed by atoms with E-state index in [9.17, 15) is 18.0 Å². The van der Waals surface area contributed by atoms with Crippen molar-refractivity contribution in [3.05, 3.63) is 58.9 Å². The number of anilines is 1. The fourth-order valence-electron chi connectivity index (χ4n) is 1.61. The lowest BCUT2D eigenvalue weighted by atomic mass is 10.2. The van der Waals surface area contributed by atoms with E-state index in [1.165, 1.54) is 30.3 Å². The average Bonchev–Trinajstić information content (AvgIpc) is 2.43. The molecule has 2 aromatic rings. The summed E-state index contributed by atoms with van der Waals surface area (Å²) in [6.45, 7) is 0. The van der Waals surface area contributed by atoms with Crippen LogP contribution in [0.4, 0.5) is 18.9 Å². The predicted molar refractivity (Wildman–Crippen MR) is 77.7 cm³/mol. The number of thioether (sulfide) groups is 1. The zero-order chi connectivity index (χ0) is 15.4. The monoisotopic (exact) mass is 331 g/mol. The second-order valence-corrected chi connectivity index (χ2v) is 5.36. The number of halogens is 4. The minimum absolute atomic E-state index is 0.0876. The standard InChI is InChI=1S/C14H9ClF3NOS/c15-10-2-1-3-11(12(10)21-14(17)18)19-13(20)8-4-6-9(16)7-5-8/h1-7,14H,(H,19,20). The van der Waals surface area contributed by atoms with Crippen molar-refractivity contribution in [1.82, 2.24) is 0 Å². The summed E-state index contributed by atoms with van der Waals surface area (Å²) in [5, 5.41) is 2.61. The summed E-state index contributed by atoms with van der Waals surface area (Å²) in [7, 11) is 0. The van der Waals surface area contributed by atoms with Crippen LogP contribution in [-0.2, 0) is 0 Å². The van der Waals surface area contributed by atoms with E-state index in [1.54, 1.807) is 0 Å². The summed E-state index contributed by atoms with van der Waals surface area (Å²) >= 11 is 6.12. The van der Waals surface area contributed by atoms with E-state index < -0.39 is 17.5 Å². The van der Waals surface area contributed by atoms with E-state index in [2.05, 4.69) is 5.32 Å². The first kappa shape index (κ1) is 15.7. The summed E-state index contributed by atoms with van der Waals surface area (Å²) in [4.78, 5) is 12.1. The second kappa shape index (κ2) is 6.87. The van der Waals surface area contributed by atoms with Crippen LogP contribution in [0.3, 0.4) is 0 Å². The van der Waals surface area contributed by atoms with Crippen LogP contribution in [-0.4, -0.2) is 11.7 Å². The Morgan fingerprint density at radius 3 is 2.43 bits per heavy atom. The van der Waals surface area contributed by atoms with Crippen LogP contribution < -0.4 is 5.32 Å². The maximum atomic E-state index is 12.8. The third kappa shape index (κ3) is 4.15. The Balaban J connectivity index is 2.24. The van der Waals surface area contributed by atoms with Gasteiger partial charge in [0.15, 0.2) is 0 Å². The van der Waals surface area contributed by atoms with Crippen LogP contribution in [0.15, 0.2) is 47.4 Å². The molecule has 0 bridgehead atoms. The molecule has 2 aromatic carbocycles. The summed E-state index contributed by atoms with van der Waals surface area (Å²) in [5.41, 5.74) is 0.395. The van der Waals surface area contributed by atoms with E-state index in [-0.39, 0.29) is 32.9 Å². The molecule has 0 aromatic heterocycles. The van der Waals surface area contributed by atoms with Crippen molar-refractivity contribution in [1.29, 1.82) is 0 Å². The van der Waals surface area contributed by atoms with Crippen LogP contribution in [0.25, 0.3) is 0 Å². The lowest BCUT2D eigenvalue weighted by Crippen LogP contribution is -2.12. The number of rotatable bonds is 4. The van der Waals surface area contributed by atoms with Crippen molar-refractivity contribution >= 4 is 35.0 Å². The Bertz CT molecular complexity index is 649. The maximum absolute atomic E-state index is 12.8. The molecule has 0 unspecified atom stereocenters. The van der Waals surface area contributed by atoms with E-state index in [1.807, 2.05) is 0 Å². The molecule has 0 saturated heterocycles. The number of carbonyl (C=O) groups is 1. The largest absolute Gasteiger partial charge is 0.321 e. The number of hydrogen-bond acceptors (Lipinski definition) is 2. The highest BCUT2D eigenvalue weighted by atomic mass is 35.5. The molecule has 0 fully saturated rings. The molecule has 0 radical (unpaired) electrons. The van der Waals surface area contributed by atoms with E-state index in [0.29, 0.717) is 0 Å². The molecule has 0 aliphatic heterocycles. The van der Waals surface area contributed by atoms with Crippen LogP contribution >= 0.6 is 23.4 Å². The lowest BCUT2D eigenvalue weighted by molar-refractivity contribution is 0.102. The van der Waals surface area contributed by atoms with Gasteiger partial charge in [0, 0.05) is 5.56 Å². The molecule has 0 aliphatic rings. The molecule has 0 heterocycles. The molecule has 0 aliphatic carbocycles. The number of hydrogen-bond donors (Lipinski definition) is 1. The first-order valence-electron chi connectivity index (χ1n) is 5.77. The van der Waals surface area contributed by atoms with E-state index in [0.717, 1.165) is 12.1 Å². The topological polar surface area (TPSA) is 29.1 Å². The van der Waals surface area contributed by atoms with Gasteiger partial charge in [0.2, 0.25) is 0 Å². The Morgan fingerprint density at radius 1 is 1.14 bits per heavy atom. The highest BCUT2D eigenvalue weighted by Gasteiger charge is 2.16. The third-order valence-corrected chi connectivity index (χ3v) is 3.81. The summed E-state index contributed by atoms with van der Waals surface area (Å²) < 4.78 is 37.9. The van der Waals surface area contributed by atoms with Crippen molar-refractivity contribution in [2.45, 2.75) is 10.7 Å². The molecule has 0 saturated carbocycles. The summed E-state index contributed by atoms with van der Waals surface area (Å²) in [6, 6.07) is 9.35. The van der Waals surface area contributed by atoms with E-state index >= 15 is 0 Å². The molecule has 2 nitrogen and oxygen atoms in total. The number of amides is 1. The Kier molecular flexibility index (Phi) is 5.14. The highest BCUT2D eigenvalue weighted by molar-refractivity contribution is 7.99. The van der Waals surface area contributed by atoms with Crippen LogP contribution in [0, 0.1) is 5.82 Å². The zero-order valence-corrected chi connectivity index (χ0v) is 12.0. The quantitative estimate of drug-likeness (QED) is 0.795. The molecule has 21 heavy (non-hydrogen) atoms. The molecule has 2 rings (SSSR count). The SMILES string of the molecule is O=C(Nc1cccc(Cl)c1SC(F)F)c1ccc(F)cc1. The van der Waals surface area contributed by atoms with E-state index in [4.69, 9.17) is 11.6 Å². The van der Waals surface area contributed by atoms with Crippen LogP contribution in [0.5, 0.6) is 0 Å². The van der Waals surface area contributed by atoms with Gasteiger partial charge >= 0.3 is 0 Å². The number of carbonyl (C=O) groups excluding carboxylic acids is 1. The molecule has 110 valence electrons.